The van der Waals surface area contributed by atoms with Gasteiger partial charge in [-0.2, -0.15) is 4.31 Å². The lowest BCUT2D eigenvalue weighted by Gasteiger charge is -2.36. The first kappa shape index (κ1) is 14.4. The minimum atomic E-state index is -3.59. The van der Waals surface area contributed by atoms with Crippen molar-refractivity contribution in [2.24, 2.45) is 0 Å². The molecule has 2 aliphatic heterocycles. The number of halogens is 2. The first-order chi connectivity index (χ1) is 9.48. The Balaban J connectivity index is 1.86. The molecule has 1 atom stereocenters. The van der Waals surface area contributed by atoms with Crippen LogP contribution in [0.2, 0.25) is 0 Å². The molecular weight excluding hydrogens is 347 g/mol. The van der Waals surface area contributed by atoms with Gasteiger partial charge in [0.1, 0.15) is 5.82 Å². The Hall–Kier alpha value is -0.500. The zero-order valence-corrected chi connectivity index (χ0v) is 13.3. The quantitative estimate of drug-likeness (QED) is 0.808. The summed E-state index contributed by atoms with van der Waals surface area (Å²) >= 11 is 3.04. The van der Waals surface area contributed by atoms with Crippen molar-refractivity contribution in [1.29, 1.82) is 0 Å². The summed E-state index contributed by atoms with van der Waals surface area (Å²) in [4.78, 5) is 2.37. The molecule has 3 rings (SSSR count). The van der Waals surface area contributed by atoms with Crippen LogP contribution in [0.25, 0.3) is 0 Å². The lowest BCUT2D eigenvalue weighted by Crippen LogP contribution is -2.51. The molecule has 1 aromatic carbocycles. The Labute approximate surface area is 126 Å². The average molecular weight is 363 g/mol. The van der Waals surface area contributed by atoms with Gasteiger partial charge in [0.05, 0.1) is 9.37 Å². The van der Waals surface area contributed by atoms with Crippen molar-refractivity contribution in [1.82, 2.24) is 9.21 Å². The third-order valence-electron chi connectivity index (χ3n) is 4.08. The van der Waals surface area contributed by atoms with E-state index in [-0.39, 0.29) is 9.37 Å². The highest BCUT2D eigenvalue weighted by molar-refractivity contribution is 9.10. The molecule has 4 nitrogen and oxygen atoms in total. The van der Waals surface area contributed by atoms with Gasteiger partial charge in [0.2, 0.25) is 10.0 Å². The summed E-state index contributed by atoms with van der Waals surface area (Å²) in [5.74, 6) is -0.550. The van der Waals surface area contributed by atoms with Crippen molar-refractivity contribution in [2.75, 3.05) is 26.2 Å². The summed E-state index contributed by atoms with van der Waals surface area (Å²) < 4.78 is 40.4. The van der Waals surface area contributed by atoms with E-state index in [2.05, 4.69) is 20.8 Å². The maximum atomic E-state index is 13.6. The largest absolute Gasteiger partial charge is 0.298 e. The van der Waals surface area contributed by atoms with E-state index >= 15 is 0 Å². The summed E-state index contributed by atoms with van der Waals surface area (Å²) in [6.45, 7) is 2.82. The van der Waals surface area contributed by atoms with E-state index in [1.54, 1.807) is 0 Å². The van der Waals surface area contributed by atoms with Crippen LogP contribution in [-0.2, 0) is 10.0 Å². The van der Waals surface area contributed by atoms with Crippen LogP contribution in [0.15, 0.2) is 27.6 Å². The molecule has 0 N–H and O–H groups in total. The van der Waals surface area contributed by atoms with Crippen molar-refractivity contribution in [3.05, 3.63) is 28.5 Å². The summed E-state index contributed by atoms with van der Waals surface area (Å²) in [5, 5.41) is 0. The normalized spacial score (nSPS) is 24.8. The number of rotatable bonds is 2. The van der Waals surface area contributed by atoms with Crippen LogP contribution in [0, 0.1) is 5.82 Å². The Kier molecular flexibility index (Phi) is 3.87. The molecule has 0 aliphatic carbocycles. The van der Waals surface area contributed by atoms with Crippen LogP contribution >= 0.6 is 15.9 Å². The molecule has 0 radical (unpaired) electrons. The maximum Gasteiger partial charge on any atom is 0.243 e. The SMILES string of the molecule is O=S(=O)(c1ccc(Br)c(F)c1)N1CCN2CCCC2C1. The highest BCUT2D eigenvalue weighted by atomic mass is 79.9. The fourth-order valence-corrected chi connectivity index (χ4v) is 4.69. The number of benzene rings is 1. The molecular formula is C13H16BrFN2O2S. The predicted octanol–water partition coefficient (Wildman–Crippen LogP) is 2.06. The number of nitrogens with zero attached hydrogens (tertiary/aromatic N) is 2. The highest BCUT2D eigenvalue weighted by Crippen LogP contribution is 2.27. The summed E-state index contributed by atoms with van der Waals surface area (Å²) in [7, 11) is -3.59. The van der Waals surface area contributed by atoms with Crippen LogP contribution in [0.1, 0.15) is 12.8 Å². The van der Waals surface area contributed by atoms with E-state index < -0.39 is 15.8 Å². The third-order valence-corrected chi connectivity index (χ3v) is 6.58. The fraction of sp³-hybridized carbons (Fsp3) is 0.538. The van der Waals surface area contributed by atoms with E-state index in [0.29, 0.717) is 19.1 Å². The van der Waals surface area contributed by atoms with Gasteiger partial charge in [-0.1, -0.05) is 0 Å². The maximum absolute atomic E-state index is 13.6. The van der Waals surface area contributed by atoms with Crippen molar-refractivity contribution in [2.45, 2.75) is 23.8 Å². The number of hydrogen-bond donors (Lipinski definition) is 0. The van der Waals surface area contributed by atoms with Gasteiger partial charge in [0, 0.05) is 25.7 Å². The standard InChI is InChI=1S/C13H16BrFN2O2S/c14-12-4-3-11(8-13(12)15)20(18,19)17-7-6-16-5-1-2-10(16)9-17/h3-4,8,10H,1-2,5-7,9H2. The van der Waals surface area contributed by atoms with Gasteiger partial charge >= 0.3 is 0 Å². The first-order valence-electron chi connectivity index (χ1n) is 6.68. The van der Waals surface area contributed by atoms with Crippen molar-refractivity contribution in [3.8, 4) is 0 Å². The highest BCUT2D eigenvalue weighted by Gasteiger charge is 2.36. The zero-order valence-electron chi connectivity index (χ0n) is 10.9. The zero-order chi connectivity index (χ0) is 14.3. The lowest BCUT2D eigenvalue weighted by molar-refractivity contribution is 0.158. The molecule has 0 saturated carbocycles. The van der Waals surface area contributed by atoms with Gasteiger partial charge < -0.3 is 0 Å². The van der Waals surface area contributed by atoms with E-state index in [9.17, 15) is 12.8 Å². The summed E-state index contributed by atoms with van der Waals surface area (Å²) in [6.07, 6.45) is 2.17. The second-order valence-electron chi connectivity index (χ2n) is 5.27. The number of piperazine rings is 1. The smallest absolute Gasteiger partial charge is 0.243 e. The summed E-state index contributed by atoms with van der Waals surface area (Å²) in [5.41, 5.74) is 0. The van der Waals surface area contributed by atoms with E-state index in [1.165, 1.54) is 16.4 Å². The molecule has 7 heteroatoms. The minimum absolute atomic E-state index is 0.0321. The molecule has 2 saturated heterocycles. The molecule has 0 spiro atoms. The minimum Gasteiger partial charge on any atom is -0.298 e. The van der Waals surface area contributed by atoms with Gasteiger partial charge in [-0.15, -0.1) is 0 Å². The summed E-state index contributed by atoms with van der Waals surface area (Å²) in [6, 6.07) is 4.29. The second-order valence-corrected chi connectivity index (χ2v) is 8.06. The Morgan fingerprint density at radius 1 is 1.25 bits per heavy atom. The van der Waals surface area contributed by atoms with Crippen molar-refractivity contribution < 1.29 is 12.8 Å². The topological polar surface area (TPSA) is 40.6 Å². The van der Waals surface area contributed by atoms with Crippen LogP contribution in [0.5, 0.6) is 0 Å². The molecule has 110 valence electrons. The van der Waals surface area contributed by atoms with Crippen LogP contribution in [0.4, 0.5) is 4.39 Å². The molecule has 20 heavy (non-hydrogen) atoms. The van der Waals surface area contributed by atoms with Crippen LogP contribution < -0.4 is 0 Å². The molecule has 0 aromatic heterocycles. The van der Waals surface area contributed by atoms with Crippen molar-refractivity contribution >= 4 is 26.0 Å². The van der Waals surface area contributed by atoms with Gasteiger partial charge in [-0.25, -0.2) is 12.8 Å². The fourth-order valence-electron chi connectivity index (χ4n) is 2.97. The third kappa shape index (κ3) is 2.52. The van der Waals surface area contributed by atoms with Gasteiger partial charge in [0.25, 0.3) is 0 Å². The van der Waals surface area contributed by atoms with Crippen LogP contribution in [0.3, 0.4) is 0 Å². The van der Waals surface area contributed by atoms with E-state index in [0.717, 1.165) is 32.0 Å². The monoisotopic (exact) mass is 362 g/mol. The molecule has 2 heterocycles. The number of fused-ring (bicyclic) bond motifs is 1. The Bertz CT molecular complexity index is 623. The van der Waals surface area contributed by atoms with Gasteiger partial charge in [-0.05, 0) is 53.5 Å². The number of hydrogen-bond acceptors (Lipinski definition) is 3. The first-order valence-corrected chi connectivity index (χ1v) is 8.91. The Morgan fingerprint density at radius 2 is 2.05 bits per heavy atom. The van der Waals surface area contributed by atoms with Crippen molar-refractivity contribution in [3.63, 3.8) is 0 Å². The molecule has 0 amide bonds. The molecule has 1 unspecified atom stereocenters. The second kappa shape index (κ2) is 5.36. The van der Waals surface area contributed by atoms with Gasteiger partial charge in [-0.3, -0.25) is 4.90 Å². The van der Waals surface area contributed by atoms with Gasteiger partial charge in [0.15, 0.2) is 0 Å². The van der Waals surface area contributed by atoms with E-state index in [1.807, 2.05) is 0 Å². The predicted molar refractivity (Wildman–Crippen MR) is 77.5 cm³/mol. The Morgan fingerprint density at radius 3 is 2.80 bits per heavy atom. The van der Waals surface area contributed by atoms with E-state index in [4.69, 9.17) is 0 Å². The molecule has 1 aromatic rings. The molecule has 2 aliphatic rings. The molecule has 2 fully saturated rings. The molecule has 0 bridgehead atoms. The van der Waals surface area contributed by atoms with Crippen LogP contribution in [-0.4, -0.2) is 49.8 Å². The lowest BCUT2D eigenvalue weighted by atomic mass is 10.2. The average Bonchev–Trinajstić information content (AvgIpc) is 2.89. The number of sulfonamides is 1.